The number of halogens is 4. The number of anilines is 1. The van der Waals surface area contributed by atoms with Crippen LogP contribution in [-0.2, 0) is 19.3 Å². The fourth-order valence-corrected chi connectivity index (χ4v) is 2.56. The number of alkyl halides is 3. The zero-order chi connectivity index (χ0) is 15.9. The number of aromatic nitrogens is 4. The predicted octanol–water partition coefficient (Wildman–Crippen LogP) is 2.24. The molecule has 0 aromatic carbocycles. The number of pyridine rings is 1. The molecule has 0 radical (unpaired) electrons. The maximum Gasteiger partial charge on any atom is 0.451 e. The van der Waals surface area contributed by atoms with Crippen molar-refractivity contribution in [3.63, 3.8) is 0 Å². The Kier molecular flexibility index (Phi) is 3.41. The van der Waals surface area contributed by atoms with Crippen LogP contribution in [-0.4, -0.2) is 26.3 Å². The molecule has 1 aliphatic heterocycles. The molecular weight excluding hydrogens is 321 g/mol. The first-order valence-electron chi connectivity index (χ1n) is 6.20. The first kappa shape index (κ1) is 14.6. The molecule has 0 bridgehead atoms. The SMILES string of the molecule is N#Cc1cnc(N2CCn3c(nnc3C(F)(F)F)C2)c(Cl)c1. The van der Waals surface area contributed by atoms with E-state index >= 15 is 0 Å². The summed E-state index contributed by atoms with van der Waals surface area (Å²) >= 11 is 6.07. The zero-order valence-electron chi connectivity index (χ0n) is 11.0. The van der Waals surface area contributed by atoms with Gasteiger partial charge in [-0.05, 0) is 6.07 Å². The van der Waals surface area contributed by atoms with Gasteiger partial charge < -0.3 is 9.47 Å². The molecule has 114 valence electrons. The molecule has 0 unspecified atom stereocenters. The van der Waals surface area contributed by atoms with Crippen LogP contribution in [0.1, 0.15) is 17.2 Å². The first-order chi connectivity index (χ1) is 10.4. The lowest BCUT2D eigenvalue weighted by Gasteiger charge is -2.29. The van der Waals surface area contributed by atoms with Gasteiger partial charge in [0.1, 0.15) is 11.9 Å². The van der Waals surface area contributed by atoms with Gasteiger partial charge in [0.2, 0.25) is 5.82 Å². The van der Waals surface area contributed by atoms with Gasteiger partial charge in [-0.1, -0.05) is 11.6 Å². The van der Waals surface area contributed by atoms with Gasteiger partial charge in [-0.2, -0.15) is 18.4 Å². The predicted molar refractivity (Wildman–Crippen MR) is 70.0 cm³/mol. The Hall–Kier alpha value is -2.34. The maximum atomic E-state index is 12.8. The van der Waals surface area contributed by atoms with Gasteiger partial charge in [0.25, 0.3) is 0 Å². The van der Waals surface area contributed by atoms with E-state index in [1.165, 1.54) is 12.3 Å². The van der Waals surface area contributed by atoms with E-state index < -0.39 is 12.0 Å². The highest BCUT2D eigenvalue weighted by Crippen LogP contribution is 2.31. The molecule has 3 rings (SSSR count). The number of hydrogen-bond acceptors (Lipinski definition) is 5. The van der Waals surface area contributed by atoms with E-state index in [1.54, 1.807) is 4.90 Å². The van der Waals surface area contributed by atoms with E-state index in [0.29, 0.717) is 11.4 Å². The molecule has 2 aromatic heterocycles. The Labute approximate surface area is 127 Å². The number of fused-ring (bicyclic) bond motifs is 1. The minimum Gasteiger partial charge on any atom is -0.346 e. The molecule has 0 amide bonds. The van der Waals surface area contributed by atoms with E-state index in [2.05, 4.69) is 15.2 Å². The third-order valence-electron chi connectivity index (χ3n) is 3.26. The van der Waals surface area contributed by atoms with Gasteiger partial charge in [-0.25, -0.2) is 4.98 Å². The fourth-order valence-electron chi connectivity index (χ4n) is 2.27. The van der Waals surface area contributed by atoms with Crippen molar-refractivity contribution in [2.75, 3.05) is 11.4 Å². The van der Waals surface area contributed by atoms with Crippen molar-refractivity contribution in [3.05, 3.63) is 34.5 Å². The van der Waals surface area contributed by atoms with Crippen LogP contribution in [0.4, 0.5) is 19.0 Å². The summed E-state index contributed by atoms with van der Waals surface area (Å²) in [5.41, 5.74) is 0.313. The average molecular weight is 329 g/mol. The van der Waals surface area contributed by atoms with Crippen LogP contribution < -0.4 is 4.90 Å². The normalized spacial score (nSPS) is 14.6. The van der Waals surface area contributed by atoms with Crippen molar-refractivity contribution < 1.29 is 13.2 Å². The summed E-state index contributed by atoms with van der Waals surface area (Å²) in [5.74, 6) is -0.398. The molecule has 0 fully saturated rings. The highest BCUT2D eigenvalue weighted by molar-refractivity contribution is 6.33. The van der Waals surface area contributed by atoms with Crippen LogP contribution in [0.5, 0.6) is 0 Å². The number of nitriles is 1. The molecule has 0 saturated carbocycles. The third kappa shape index (κ3) is 2.46. The lowest BCUT2D eigenvalue weighted by atomic mass is 10.3. The summed E-state index contributed by atoms with van der Waals surface area (Å²) in [5, 5.41) is 15.9. The summed E-state index contributed by atoms with van der Waals surface area (Å²) in [6, 6.07) is 3.38. The van der Waals surface area contributed by atoms with Gasteiger partial charge >= 0.3 is 6.18 Å². The second-order valence-corrected chi connectivity index (χ2v) is 5.06. The molecule has 10 heteroatoms. The quantitative estimate of drug-likeness (QED) is 0.803. The van der Waals surface area contributed by atoms with Crippen molar-refractivity contribution in [2.45, 2.75) is 19.3 Å². The van der Waals surface area contributed by atoms with Crippen LogP contribution in [0, 0.1) is 11.3 Å². The molecular formula is C12H8ClF3N6. The van der Waals surface area contributed by atoms with Crippen LogP contribution in [0.25, 0.3) is 0 Å². The van der Waals surface area contributed by atoms with Crippen LogP contribution in [0.15, 0.2) is 12.3 Å². The molecule has 0 N–H and O–H groups in total. The highest BCUT2D eigenvalue weighted by atomic mass is 35.5. The number of nitrogens with zero attached hydrogens (tertiary/aromatic N) is 6. The van der Waals surface area contributed by atoms with E-state index in [-0.39, 0.29) is 30.5 Å². The summed E-state index contributed by atoms with van der Waals surface area (Å²) < 4.78 is 39.4. The van der Waals surface area contributed by atoms with Crippen LogP contribution >= 0.6 is 11.6 Å². The summed E-state index contributed by atoms with van der Waals surface area (Å²) in [4.78, 5) is 5.80. The number of hydrogen-bond donors (Lipinski definition) is 0. The minimum atomic E-state index is -4.53. The Morgan fingerprint density at radius 2 is 2.05 bits per heavy atom. The summed E-state index contributed by atoms with van der Waals surface area (Å²) in [7, 11) is 0. The average Bonchev–Trinajstić information content (AvgIpc) is 2.90. The fraction of sp³-hybridized carbons (Fsp3) is 0.333. The molecule has 0 saturated heterocycles. The summed E-state index contributed by atoms with van der Waals surface area (Å²) in [6.45, 7) is 0.476. The number of rotatable bonds is 1. The largest absolute Gasteiger partial charge is 0.451 e. The minimum absolute atomic E-state index is 0.0786. The van der Waals surface area contributed by atoms with Gasteiger partial charge in [-0.3, -0.25) is 0 Å². The van der Waals surface area contributed by atoms with Crippen molar-refractivity contribution in [3.8, 4) is 6.07 Å². The molecule has 0 aliphatic carbocycles. The van der Waals surface area contributed by atoms with E-state index in [9.17, 15) is 13.2 Å². The first-order valence-corrected chi connectivity index (χ1v) is 6.58. The molecule has 3 heterocycles. The van der Waals surface area contributed by atoms with Crippen molar-refractivity contribution in [1.82, 2.24) is 19.7 Å². The lowest BCUT2D eigenvalue weighted by molar-refractivity contribution is -0.147. The van der Waals surface area contributed by atoms with Crippen LogP contribution in [0.3, 0.4) is 0 Å². The van der Waals surface area contributed by atoms with Gasteiger partial charge in [-0.15, -0.1) is 10.2 Å². The highest BCUT2D eigenvalue weighted by Gasteiger charge is 2.39. The van der Waals surface area contributed by atoms with E-state index in [1.807, 2.05) is 6.07 Å². The summed E-state index contributed by atoms with van der Waals surface area (Å²) in [6.07, 6.45) is -3.17. The molecule has 6 nitrogen and oxygen atoms in total. The Bertz CT molecular complexity index is 763. The van der Waals surface area contributed by atoms with Crippen LogP contribution in [0.2, 0.25) is 5.02 Å². The molecule has 22 heavy (non-hydrogen) atoms. The van der Waals surface area contributed by atoms with Gasteiger partial charge in [0, 0.05) is 19.3 Å². The monoisotopic (exact) mass is 328 g/mol. The zero-order valence-corrected chi connectivity index (χ0v) is 11.7. The Balaban J connectivity index is 1.90. The third-order valence-corrected chi connectivity index (χ3v) is 3.54. The van der Waals surface area contributed by atoms with Crippen molar-refractivity contribution >= 4 is 17.4 Å². The van der Waals surface area contributed by atoms with E-state index in [4.69, 9.17) is 16.9 Å². The molecule has 1 aliphatic rings. The smallest absolute Gasteiger partial charge is 0.346 e. The molecule has 2 aromatic rings. The lowest BCUT2D eigenvalue weighted by Crippen LogP contribution is -2.36. The maximum absolute atomic E-state index is 12.8. The standard InChI is InChI=1S/C12H8ClF3N6/c13-8-3-7(4-17)5-18-10(8)21-1-2-22-9(6-21)19-20-11(22)12(14,15)16/h3,5H,1-2,6H2. The second-order valence-electron chi connectivity index (χ2n) is 4.65. The van der Waals surface area contributed by atoms with Crippen molar-refractivity contribution in [2.24, 2.45) is 0 Å². The second kappa shape index (κ2) is 5.14. The van der Waals surface area contributed by atoms with Gasteiger partial charge in [0.05, 0.1) is 17.1 Å². The Morgan fingerprint density at radius 1 is 1.27 bits per heavy atom. The van der Waals surface area contributed by atoms with Crippen molar-refractivity contribution in [1.29, 1.82) is 5.26 Å². The Morgan fingerprint density at radius 3 is 2.68 bits per heavy atom. The van der Waals surface area contributed by atoms with Gasteiger partial charge in [0.15, 0.2) is 5.82 Å². The van der Waals surface area contributed by atoms with E-state index in [0.717, 1.165) is 4.57 Å². The topological polar surface area (TPSA) is 70.6 Å². The molecule has 0 atom stereocenters. The molecule has 0 spiro atoms.